The van der Waals surface area contributed by atoms with Crippen molar-refractivity contribution in [2.45, 2.75) is 13.0 Å². The first-order valence-corrected chi connectivity index (χ1v) is 9.25. The number of nitrogens with zero attached hydrogens (tertiary/aromatic N) is 1. The fourth-order valence-corrected chi connectivity index (χ4v) is 3.73. The van der Waals surface area contributed by atoms with Gasteiger partial charge in [0.2, 0.25) is 5.91 Å². The molecule has 1 aliphatic heterocycles. The van der Waals surface area contributed by atoms with Crippen LogP contribution in [0.25, 0.3) is 11.3 Å². The number of amides is 2. The van der Waals surface area contributed by atoms with E-state index in [1.54, 1.807) is 24.3 Å². The van der Waals surface area contributed by atoms with Crippen LogP contribution in [0, 0.1) is 0 Å². The van der Waals surface area contributed by atoms with Gasteiger partial charge >= 0.3 is 0 Å². The van der Waals surface area contributed by atoms with Gasteiger partial charge in [-0.15, -0.1) is 11.3 Å². The predicted molar refractivity (Wildman–Crippen MR) is 103 cm³/mol. The number of halogens is 1. The quantitative estimate of drug-likeness (QED) is 0.718. The second kappa shape index (κ2) is 6.90. The van der Waals surface area contributed by atoms with Crippen LogP contribution in [0.3, 0.4) is 0 Å². The number of thiazole rings is 1. The monoisotopic (exact) mass is 383 g/mol. The van der Waals surface area contributed by atoms with Gasteiger partial charge in [0, 0.05) is 27.2 Å². The van der Waals surface area contributed by atoms with E-state index in [0.717, 1.165) is 27.5 Å². The number of aromatic nitrogens is 1. The van der Waals surface area contributed by atoms with E-state index >= 15 is 0 Å². The fourth-order valence-electron chi connectivity index (χ4n) is 2.80. The highest BCUT2D eigenvalue weighted by Crippen LogP contribution is 2.29. The summed E-state index contributed by atoms with van der Waals surface area (Å²) in [5.41, 5.74) is 4.16. The Morgan fingerprint density at radius 1 is 1.27 bits per heavy atom. The van der Waals surface area contributed by atoms with Gasteiger partial charge in [0.1, 0.15) is 5.01 Å². The van der Waals surface area contributed by atoms with Crippen LogP contribution in [0.4, 0.5) is 5.69 Å². The summed E-state index contributed by atoms with van der Waals surface area (Å²) >= 11 is 7.39. The first-order chi connectivity index (χ1) is 12.6. The molecule has 3 aromatic rings. The van der Waals surface area contributed by atoms with Crippen LogP contribution in [-0.2, 0) is 17.8 Å². The first-order valence-electron chi connectivity index (χ1n) is 8.00. The Morgan fingerprint density at radius 3 is 3.00 bits per heavy atom. The summed E-state index contributed by atoms with van der Waals surface area (Å²) in [4.78, 5) is 28.2. The van der Waals surface area contributed by atoms with Crippen LogP contribution in [-0.4, -0.2) is 16.8 Å². The Labute approximate surface area is 159 Å². The van der Waals surface area contributed by atoms with Crippen molar-refractivity contribution in [3.05, 3.63) is 69.0 Å². The minimum atomic E-state index is -0.189. The third-order valence-corrected chi connectivity index (χ3v) is 5.15. The van der Waals surface area contributed by atoms with Gasteiger partial charge in [-0.2, -0.15) is 0 Å². The van der Waals surface area contributed by atoms with Crippen molar-refractivity contribution in [3.8, 4) is 11.3 Å². The fraction of sp³-hybridized carbons (Fsp3) is 0.105. The molecule has 1 aromatic heterocycles. The van der Waals surface area contributed by atoms with Crippen LogP contribution in [0.5, 0.6) is 0 Å². The van der Waals surface area contributed by atoms with Crippen LogP contribution in [0.1, 0.15) is 20.9 Å². The molecule has 2 heterocycles. The van der Waals surface area contributed by atoms with E-state index in [1.165, 1.54) is 11.3 Å². The number of carbonyl (C=O) groups excluding carboxylic acids is 2. The third-order valence-electron chi connectivity index (χ3n) is 4.06. The smallest absolute Gasteiger partial charge is 0.251 e. The van der Waals surface area contributed by atoms with Gasteiger partial charge in [0.25, 0.3) is 5.91 Å². The largest absolute Gasteiger partial charge is 0.346 e. The molecule has 2 N–H and O–H groups in total. The molecular weight excluding hydrogens is 370 g/mol. The summed E-state index contributed by atoms with van der Waals surface area (Å²) in [6.07, 6.45) is 0.399. The van der Waals surface area contributed by atoms with E-state index in [1.807, 2.05) is 23.6 Å². The van der Waals surface area contributed by atoms with Gasteiger partial charge in [0.15, 0.2) is 0 Å². The summed E-state index contributed by atoms with van der Waals surface area (Å²) in [5.74, 6) is -0.175. The lowest BCUT2D eigenvalue weighted by Gasteiger charge is -2.04. The highest BCUT2D eigenvalue weighted by molar-refractivity contribution is 7.09. The second-order valence-electron chi connectivity index (χ2n) is 5.92. The highest BCUT2D eigenvalue weighted by Gasteiger charge is 2.18. The van der Waals surface area contributed by atoms with Gasteiger partial charge in [-0.3, -0.25) is 9.59 Å². The molecule has 130 valence electrons. The molecule has 5 nitrogen and oxygen atoms in total. The van der Waals surface area contributed by atoms with E-state index in [0.29, 0.717) is 23.6 Å². The van der Waals surface area contributed by atoms with Gasteiger partial charge in [-0.1, -0.05) is 23.7 Å². The molecule has 26 heavy (non-hydrogen) atoms. The summed E-state index contributed by atoms with van der Waals surface area (Å²) in [6.45, 7) is 0.348. The van der Waals surface area contributed by atoms with Gasteiger partial charge < -0.3 is 10.6 Å². The van der Waals surface area contributed by atoms with E-state index < -0.39 is 0 Å². The van der Waals surface area contributed by atoms with E-state index in [4.69, 9.17) is 11.6 Å². The van der Waals surface area contributed by atoms with E-state index in [9.17, 15) is 9.59 Å². The molecule has 0 fully saturated rings. The molecule has 0 atom stereocenters. The molecule has 7 heteroatoms. The van der Waals surface area contributed by atoms with Crippen molar-refractivity contribution >= 4 is 40.4 Å². The van der Waals surface area contributed by atoms with Crippen molar-refractivity contribution in [1.29, 1.82) is 0 Å². The lowest BCUT2D eigenvalue weighted by molar-refractivity contribution is -0.115. The number of nitrogens with one attached hydrogen (secondary N) is 2. The maximum atomic E-state index is 12.2. The van der Waals surface area contributed by atoms with E-state index in [2.05, 4.69) is 15.6 Å². The molecule has 0 saturated carbocycles. The molecule has 1 aliphatic rings. The molecule has 4 rings (SSSR count). The number of rotatable bonds is 4. The van der Waals surface area contributed by atoms with Gasteiger partial charge in [0.05, 0.1) is 18.7 Å². The van der Waals surface area contributed by atoms with E-state index in [-0.39, 0.29) is 11.8 Å². The average Bonchev–Trinajstić information content (AvgIpc) is 3.24. The highest BCUT2D eigenvalue weighted by atomic mass is 35.5. The predicted octanol–water partition coefficient (Wildman–Crippen LogP) is 3.89. The van der Waals surface area contributed by atoms with Crippen molar-refractivity contribution in [3.63, 3.8) is 0 Å². The maximum absolute atomic E-state index is 12.2. The molecule has 0 aliphatic carbocycles. The van der Waals surface area contributed by atoms with Crippen LogP contribution in [0.2, 0.25) is 5.02 Å². The average molecular weight is 384 g/mol. The van der Waals surface area contributed by atoms with Crippen LogP contribution >= 0.6 is 22.9 Å². The number of hydrogen-bond acceptors (Lipinski definition) is 4. The van der Waals surface area contributed by atoms with Crippen molar-refractivity contribution < 1.29 is 9.59 Å². The number of carbonyl (C=O) groups is 2. The Bertz CT molecular complexity index is 1020. The summed E-state index contributed by atoms with van der Waals surface area (Å²) < 4.78 is 0. The topological polar surface area (TPSA) is 71.1 Å². The molecule has 2 aromatic carbocycles. The van der Waals surface area contributed by atoms with Crippen LogP contribution < -0.4 is 10.6 Å². The molecular formula is C19H14ClN3O2S. The maximum Gasteiger partial charge on any atom is 0.251 e. The van der Waals surface area contributed by atoms with Crippen molar-refractivity contribution in [2.24, 2.45) is 0 Å². The summed E-state index contributed by atoms with van der Waals surface area (Å²) in [7, 11) is 0. The second-order valence-corrected chi connectivity index (χ2v) is 7.30. The normalized spacial score (nSPS) is 12.6. The van der Waals surface area contributed by atoms with Crippen molar-refractivity contribution in [1.82, 2.24) is 10.3 Å². The zero-order chi connectivity index (χ0) is 18.1. The zero-order valence-electron chi connectivity index (χ0n) is 13.6. The zero-order valence-corrected chi connectivity index (χ0v) is 15.2. The standard InChI is InChI=1S/C19H14ClN3O2S/c20-14-3-1-2-12(7-14)19(25)21-9-18-23-16(10-26-18)11-4-5-15-13(6-11)8-17(24)22-15/h1-7,10H,8-9H2,(H,21,25)(H,22,24). The molecule has 2 amide bonds. The Balaban J connectivity index is 1.45. The lowest BCUT2D eigenvalue weighted by Crippen LogP contribution is -2.22. The van der Waals surface area contributed by atoms with Crippen LogP contribution in [0.15, 0.2) is 47.8 Å². The third kappa shape index (κ3) is 3.47. The summed E-state index contributed by atoms with van der Waals surface area (Å²) in [6, 6.07) is 12.6. The molecule has 0 spiro atoms. The minimum absolute atomic E-state index is 0.0137. The van der Waals surface area contributed by atoms with Gasteiger partial charge in [-0.05, 0) is 35.9 Å². The Morgan fingerprint density at radius 2 is 2.15 bits per heavy atom. The Kier molecular flexibility index (Phi) is 4.44. The number of benzene rings is 2. The molecule has 0 bridgehead atoms. The first kappa shape index (κ1) is 16.8. The van der Waals surface area contributed by atoms with Crippen molar-refractivity contribution in [2.75, 3.05) is 5.32 Å². The molecule has 0 unspecified atom stereocenters. The van der Waals surface area contributed by atoms with Gasteiger partial charge in [-0.25, -0.2) is 4.98 Å². The SMILES string of the molecule is O=C1Cc2cc(-c3csc(CNC(=O)c4cccc(Cl)c4)n3)ccc2N1. The number of hydrogen-bond donors (Lipinski definition) is 2. The Hall–Kier alpha value is -2.70. The number of anilines is 1. The molecule has 0 saturated heterocycles. The lowest BCUT2D eigenvalue weighted by atomic mass is 10.1. The molecule has 0 radical (unpaired) electrons. The number of fused-ring (bicyclic) bond motifs is 1. The summed E-state index contributed by atoms with van der Waals surface area (Å²) in [5, 5.41) is 8.96. The minimum Gasteiger partial charge on any atom is -0.346 e.